The lowest BCUT2D eigenvalue weighted by Gasteiger charge is -2.71. The summed E-state index contributed by atoms with van der Waals surface area (Å²) in [5.74, 6) is 0.785. The molecular weight excluding hydrogens is 665 g/mol. The Morgan fingerprint density at radius 1 is 0.811 bits per heavy atom. The van der Waals surface area contributed by atoms with Crippen molar-refractivity contribution in [1.29, 1.82) is 0 Å². The number of hydrogen-bond donors (Lipinski definition) is 1. The Balaban J connectivity index is 0.955. The van der Waals surface area contributed by atoms with Gasteiger partial charge >= 0.3 is 5.97 Å². The molecule has 2 aromatic heterocycles. The maximum Gasteiger partial charge on any atom is 0.310 e. The molecule has 7 rings (SSSR count). The molecule has 0 unspecified atom stereocenters. The lowest BCUT2D eigenvalue weighted by atomic mass is 9.33. The number of unbranched alkanes of at least 4 members (excludes halogenated alkanes) is 3. The van der Waals surface area contributed by atoms with Crippen LogP contribution in [0.4, 0.5) is 0 Å². The minimum absolute atomic E-state index is 0.0468. The molecule has 0 amide bonds. The largest absolute Gasteiger partial charge is 0.481 e. The molecule has 10 heteroatoms. The zero-order valence-corrected chi connectivity index (χ0v) is 34.1. The third-order valence-electron chi connectivity index (χ3n) is 16.4. The monoisotopic (exact) mass is 733 g/mol. The Labute approximate surface area is 318 Å². The number of aliphatic carboxylic acids is 1. The molecule has 0 bridgehead atoms. The first-order valence-electron chi connectivity index (χ1n) is 20.9. The Kier molecular flexibility index (Phi) is 10.3. The minimum Gasteiger partial charge on any atom is -0.481 e. The van der Waals surface area contributed by atoms with Crippen LogP contribution in [0.1, 0.15) is 150 Å². The number of methoxy groups -OCH3 is 1. The van der Waals surface area contributed by atoms with Crippen LogP contribution in [-0.4, -0.2) is 54.3 Å². The molecule has 4 fully saturated rings. The van der Waals surface area contributed by atoms with E-state index < -0.39 is 11.4 Å². The minimum atomic E-state index is -0.580. The first-order chi connectivity index (χ1) is 25.1. The average Bonchev–Trinajstić information content (AvgIpc) is 3.75. The number of aryl methyl sites for hydroxylation is 2. The second kappa shape index (κ2) is 14.2. The van der Waals surface area contributed by atoms with Gasteiger partial charge in [-0.3, -0.25) is 14.2 Å². The van der Waals surface area contributed by atoms with Gasteiger partial charge in [-0.15, -0.1) is 10.2 Å². The Hall–Kier alpha value is -2.59. The standard InChI is InChI=1S/C43H68N6O4/c1-38(2)19-21-43(37(50)51)22-20-41(6)32(33(43)25-38)13-14-35-40(5)17-16-36(39(3,4)34(40)15-18-42(35,41)7)53-29-31-27-49(47-45-31)24-12-10-9-11-23-48-26-30(28-52-8)44-46-48/h13,26-27,33-36H,9-12,14-25,28-29H2,1-8H3,(H,50,51)/t33-,34-,35+,36-,40-,41+,42+,43-/m0/s1. The fraction of sp³-hybridized carbons (Fsp3) is 0.837. The van der Waals surface area contributed by atoms with Gasteiger partial charge in [0.05, 0.1) is 37.1 Å². The van der Waals surface area contributed by atoms with Crippen molar-refractivity contribution in [2.45, 2.75) is 171 Å². The SMILES string of the molecule is COCc1cn(CCCCCCn2cc(CO[C@H]3CC[C@]4(C)[C@H]5CC=C6[C@@H]7CC(C)(C)CC[C@]7(C(=O)O)CC[C@@]6(C)[C@]5(C)CC[C@H]4C3(C)C)nn2)nn1. The number of nitrogens with zero attached hydrogens (tertiary/aromatic N) is 6. The van der Waals surface area contributed by atoms with Crippen LogP contribution < -0.4 is 0 Å². The third-order valence-corrected chi connectivity index (χ3v) is 16.4. The Morgan fingerprint density at radius 2 is 1.45 bits per heavy atom. The summed E-state index contributed by atoms with van der Waals surface area (Å²) in [6.07, 6.45) is 21.7. The van der Waals surface area contributed by atoms with Crippen molar-refractivity contribution in [3.8, 4) is 0 Å². The summed E-state index contributed by atoms with van der Waals surface area (Å²) in [6.45, 7) is 20.2. The maximum atomic E-state index is 13.0. The van der Waals surface area contributed by atoms with Gasteiger partial charge in [-0.2, -0.15) is 0 Å². The molecule has 0 spiro atoms. The van der Waals surface area contributed by atoms with Crippen molar-refractivity contribution in [2.24, 2.45) is 50.2 Å². The number of fused-ring (bicyclic) bond motifs is 7. The fourth-order valence-corrected chi connectivity index (χ4v) is 13.2. The molecule has 0 aliphatic heterocycles. The highest BCUT2D eigenvalue weighted by Crippen LogP contribution is 2.75. The molecule has 2 heterocycles. The van der Waals surface area contributed by atoms with Gasteiger partial charge in [0.25, 0.3) is 0 Å². The maximum absolute atomic E-state index is 13.0. The lowest BCUT2D eigenvalue weighted by molar-refractivity contribution is -0.214. The summed E-state index contributed by atoms with van der Waals surface area (Å²) in [5, 5.41) is 27.9. The summed E-state index contributed by atoms with van der Waals surface area (Å²) in [4.78, 5) is 13.0. The summed E-state index contributed by atoms with van der Waals surface area (Å²) >= 11 is 0. The van der Waals surface area contributed by atoms with Crippen LogP contribution in [0.25, 0.3) is 0 Å². The quantitative estimate of drug-likeness (QED) is 0.160. The van der Waals surface area contributed by atoms with E-state index in [1.165, 1.54) is 24.8 Å². The van der Waals surface area contributed by atoms with Crippen LogP contribution >= 0.6 is 0 Å². The number of allylic oxidation sites excluding steroid dienone is 2. The second-order valence-electron chi connectivity index (χ2n) is 20.1. The summed E-state index contributed by atoms with van der Waals surface area (Å²) in [7, 11) is 1.67. The molecule has 5 aliphatic rings. The average molecular weight is 733 g/mol. The van der Waals surface area contributed by atoms with Gasteiger partial charge in [0.2, 0.25) is 0 Å². The van der Waals surface area contributed by atoms with Gasteiger partial charge in [-0.05, 0) is 122 Å². The summed E-state index contributed by atoms with van der Waals surface area (Å²) < 4.78 is 15.8. The van der Waals surface area contributed by atoms with Crippen LogP contribution in [-0.2, 0) is 40.6 Å². The van der Waals surface area contributed by atoms with Crippen molar-refractivity contribution in [1.82, 2.24) is 30.0 Å². The van der Waals surface area contributed by atoms with Crippen LogP contribution in [0.5, 0.6) is 0 Å². The zero-order valence-electron chi connectivity index (χ0n) is 34.1. The van der Waals surface area contributed by atoms with E-state index >= 15 is 0 Å². The van der Waals surface area contributed by atoms with Gasteiger partial charge in [-0.1, -0.05) is 83.4 Å². The highest BCUT2D eigenvalue weighted by molar-refractivity contribution is 5.76. The number of rotatable bonds is 13. The predicted octanol–water partition coefficient (Wildman–Crippen LogP) is 9.05. The van der Waals surface area contributed by atoms with Gasteiger partial charge in [0.1, 0.15) is 11.4 Å². The fourth-order valence-electron chi connectivity index (χ4n) is 13.2. The van der Waals surface area contributed by atoms with Crippen molar-refractivity contribution in [3.63, 3.8) is 0 Å². The zero-order chi connectivity index (χ0) is 37.9. The lowest BCUT2D eigenvalue weighted by Crippen LogP contribution is -2.65. The van der Waals surface area contributed by atoms with E-state index in [0.29, 0.717) is 25.0 Å². The molecule has 8 atom stereocenters. The molecule has 0 aromatic carbocycles. The first-order valence-corrected chi connectivity index (χ1v) is 20.9. The molecule has 0 radical (unpaired) electrons. The summed E-state index contributed by atoms with van der Waals surface area (Å²) in [6, 6.07) is 0. The molecular formula is C43H68N6O4. The van der Waals surface area contributed by atoms with E-state index in [0.717, 1.165) is 95.1 Å². The number of aromatic nitrogens is 6. The number of carboxylic acid groups (broad SMARTS) is 1. The molecule has 10 nitrogen and oxygen atoms in total. The molecule has 5 aliphatic carbocycles. The van der Waals surface area contributed by atoms with Crippen LogP contribution in [0.3, 0.4) is 0 Å². The Morgan fingerprint density at radius 3 is 2.09 bits per heavy atom. The van der Waals surface area contributed by atoms with Gasteiger partial charge in [0, 0.05) is 20.2 Å². The van der Waals surface area contributed by atoms with Gasteiger partial charge < -0.3 is 14.6 Å². The highest BCUT2D eigenvalue weighted by atomic mass is 16.5. The van der Waals surface area contributed by atoms with Crippen molar-refractivity contribution in [3.05, 3.63) is 35.4 Å². The predicted molar refractivity (Wildman–Crippen MR) is 204 cm³/mol. The highest BCUT2D eigenvalue weighted by Gasteiger charge is 2.69. The molecule has 53 heavy (non-hydrogen) atoms. The van der Waals surface area contributed by atoms with E-state index in [1.807, 2.05) is 15.6 Å². The molecule has 0 saturated heterocycles. The molecule has 1 N–H and O–H groups in total. The first kappa shape index (κ1) is 38.7. The summed E-state index contributed by atoms with van der Waals surface area (Å²) in [5.41, 5.74) is 3.41. The van der Waals surface area contributed by atoms with E-state index in [-0.39, 0.29) is 39.1 Å². The van der Waals surface area contributed by atoms with E-state index in [1.54, 1.807) is 7.11 Å². The van der Waals surface area contributed by atoms with E-state index in [9.17, 15) is 9.90 Å². The second-order valence-corrected chi connectivity index (χ2v) is 20.1. The van der Waals surface area contributed by atoms with Crippen molar-refractivity contribution >= 4 is 5.97 Å². The number of hydrogen-bond acceptors (Lipinski definition) is 7. The smallest absolute Gasteiger partial charge is 0.310 e. The van der Waals surface area contributed by atoms with Crippen LogP contribution in [0.15, 0.2) is 24.0 Å². The molecule has 294 valence electrons. The number of ether oxygens (including phenoxy) is 2. The number of carbonyl (C=O) groups is 1. The number of carboxylic acids is 1. The molecule has 4 saturated carbocycles. The normalized spacial score (nSPS) is 37.2. The Bertz CT molecular complexity index is 1660. The van der Waals surface area contributed by atoms with Crippen LogP contribution in [0.2, 0.25) is 0 Å². The van der Waals surface area contributed by atoms with Crippen molar-refractivity contribution < 1.29 is 19.4 Å². The third kappa shape index (κ3) is 6.63. The van der Waals surface area contributed by atoms with E-state index in [4.69, 9.17) is 9.47 Å². The van der Waals surface area contributed by atoms with E-state index in [2.05, 4.69) is 81.4 Å². The molecule has 2 aromatic rings. The van der Waals surface area contributed by atoms with Gasteiger partial charge in [0.15, 0.2) is 0 Å². The van der Waals surface area contributed by atoms with Crippen LogP contribution in [0, 0.1) is 50.2 Å². The van der Waals surface area contributed by atoms with Crippen molar-refractivity contribution in [2.75, 3.05) is 7.11 Å². The topological polar surface area (TPSA) is 117 Å². The van der Waals surface area contributed by atoms with Gasteiger partial charge in [-0.25, -0.2) is 0 Å².